The maximum Gasteiger partial charge on any atom is 0.293 e. The summed E-state index contributed by atoms with van der Waals surface area (Å²) in [7, 11) is 0. The molecule has 0 fully saturated rings. The van der Waals surface area contributed by atoms with Crippen LogP contribution < -0.4 is 21.2 Å². The van der Waals surface area contributed by atoms with Gasteiger partial charge in [0.25, 0.3) is 11.7 Å². The predicted molar refractivity (Wildman–Crippen MR) is 106 cm³/mol. The van der Waals surface area contributed by atoms with Crippen molar-refractivity contribution in [1.82, 2.24) is 0 Å². The van der Waals surface area contributed by atoms with Gasteiger partial charge in [-0.05, 0) is 17.0 Å². The third-order valence-corrected chi connectivity index (χ3v) is 5.68. The third-order valence-electron chi connectivity index (χ3n) is 5.33. The van der Waals surface area contributed by atoms with E-state index in [4.69, 9.17) is 27.8 Å². The number of nitriles is 1. The molecule has 1 aliphatic carbocycles. The number of Topliss-reactive ketones (excluding diaryl/α,β-unsaturated/α-hetero) is 1. The van der Waals surface area contributed by atoms with E-state index in [1.54, 1.807) is 6.07 Å². The molecule has 2 heterocycles. The zero-order valence-electron chi connectivity index (χ0n) is 15.6. The van der Waals surface area contributed by atoms with Crippen molar-refractivity contribution in [3.8, 4) is 11.9 Å². The van der Waals surface area contributed by atoms with Crippen LogP contribution in [0.15, 0.2) is 35.6 Å². The Balaban J connectivity index is 2.05. The lowest BCUT2D eigenvalue weighted by Crippen LogP contribution is -2.35. The van der Waals surface area contributed by atoms with Gasteiger partial charge in [-0.25, -0.2) is 4.98 Å². The lowest BCUT2D eigenvalue weighted by molar-refractivity contribution is -0.377. The number of hydrogen-bond acceptors (Lipinski definition) is 5. The number of carbonyl (C=O) groups excluding carboxylic acids is 1. The van der Waals surface area contributed by atoms with Crippen LogP contribution in [0.5, 0.6) is 5.88 Å². The first-order valence-corrected chi connectivity index (χ1v) is 9.34. The Morgan fingerprint density at radius 2 is 2.00 bits per heavy atom. The highest BCUT2D eigenvalue weighted by atomic mass is 35.5. The smallest absolute Gasteiger partial charge is 0.293 e. The average molecular weight is 396 g/mol. The van der Waals surface area contributed by atoms with E-state index in [0.29, 0.717) is 40.6 Å². The van der Waals surface area contributed by atoms with Crippen LogP contribution in [0, 0.1) is 16.7 Å². The van der Waals surface area contributed by atoms with Gasteiger partial charge in [0, 0.05) is 23.4 Å². The molecule has 1 aliphatic heterocycles. The van der Waals surface area contributed by atoms with E-state index in [1.807, 2.05) is 38.1 Å². The molecule has 28 heavy (non-hydrogen) atoms. The van der Waals surface area contributed by atoms with E-state index >= 15 is 0 Å². The summed E-state index contributed by atoms with van der Waals surface area (Å²) in [5, 5.41) is 10.0. The van der Waals surface area contributed by atoms with Crippen molar-refractivity contribution >= 4 is 28.9 Å². The monoisotopic (exact) mass is 395 g/mol. The van der Waals surface area contributed by atoms with Crippen molar-refractivity contribution < 1.29 is 14.5 Å². The second-order valence-electron chi connectivity index (χ2n) is 8.02. The van der Waals surface area contributed by atoms with Gasteiger partial charge in [0.2, 0.25) is 0 Å². The van der Waals surface area contributed by atoms with Crippen molar-refractivity contribution in [2.45, 2.75) is 32.6 Å². The summed E-state index contributed by atoms with van der Waals surface area (Å²) >= 11 is 6.50. The molecule has 6 nitrogen and oxygen atoms in total. The number of hydrogen-bond donors (Lipinski definition) is 2. The first-order valence-electron chi connectivity index (χ1n) is 8.96. The van der Waals surface area contributed by atoms with E-state index in [2.05, 4.69) is 4.98 Å². The number of allylic oxidation sites excluding steroid dienone is 2. The Hall–Kier alpha value is -3.04. The molecule has 0 bridgehead atoms. The molecule has 0 unspecified atom stereocenters. The number of nitrogen functional groups attached to an aromatic ring is 2. The quantitative estimate of drug-likeness (QED) is 0.767. The summed E-state index contributed by atoms with van der Waals surface area (Å²) in [4.78, 5) is 16.1. The van der Waals surface area contributed by atoms with E-state index < -0.39 is 5.92 Å². The van der Waals surface area contributed by atoms with Crippen molar-refractivity contribution in [3.63, 3.8) is 0 Å². The molecule has 142 valence electrons. The number of benzene rings is 1. The summed E-state index contributed by atoms with van der Waals surface area (Å²) in [5.74, 6) is 0.542. The lowest BCUT2D eigenvalue weighted by atomic mass is 9.70. The molecule has 5 N–H and O–H groups in total. The highest BCUT2D eigenvalue weighted by Crippen LogP contribution is 2.52. The molecule has 1 aromatic carbocycles. The number of aromatic amines is 1. The second kappa shape index (κ2) is 6.25. The van der Waals surface area contributed by atoms with Crippen LogP contribution in [-0.4, -0.2) is 5.78 Å². The van der Waals surface area contributed by atoms with Crippen LogP contribution in [0.4, 0.5) is 11.5 Å². The molecule has 0 saturated heterocycles. The Bertz CT molecular complexity index is 1100. The Labute approximate surface area is 167 Å². The number of pyridine rings is 1. The van der Waals surface area contributed by atoms with Crippen LogP contribution in [0.3, 0.4) is 0 Å². The van der Waals surface area contributed by atoms with Gasteiger partial charge >= 0.3 is 0 Å². The molecule has 4 rings (SSSR count). The molecular weight excluding hydrogens is 376 g/mol. The molecule has 0 radical (unpaired) electrons. The standard InChI is InChI=1S/C21H19ClN4O2/c1-21(2)7-13(27)16-14(8-21)28-20-17(18(24)11(9-23)19(25)26-20)15(16)10-5-3-4-6-12(10)22/h3-6,15H,7-8H2,1-2H3,(H4,24,25,26)/p+1/t15-/m0/s1. The van der Waals surface area contributed by atoms with Crippen molar-refractivity contribution in [2.24, 2.45) is 5.41 Å². The fourth-order valence-electron chi connectivity index (χ4n) is 4.12. The van der Waals surface area contributed by atoms with Crippen LogP contribution in [0.25, 0.3) is 0 Å². The maximum atomic E-state index is 13.2. The highest BCUT2D eigenvalue weighted by Gasteiger charge is 2.45. The number of nitrogens with two attached hydrogens (primary N) is 2. The molecule has 2 aromatic rings. The van der Waals surface area contributed by atoms with Gasteiger partial charge in [-0.2, -0.15) is 5.26 Å². The summed E-state index contributed by atoms with van der Waals surface area (Å²) in [6.45, 7) is 4.06. The van der Waals surface area contributed by atoms with Gasteiger partial charge < -0.3 is 10.5 Å². The normalized spacial score (nSPS) is 20.1. The van der Waals surface area contributed by atoms with Crippen molar-refractivity contribution in [1.29, 1.82) is 5.26 Å². The number of halogens is 1. The van der Waals surface area contributed by atoms with Crippen LogP contribution in [0.1, 0.15) is 49.3 Å². The molecule has 7 heteroatoms. The van der Waals surface area contributed by atoms with E-state index in [-0.39, 0.29) is 28.3 Å². The second-order valence-corrected chi connectivity index (χ2v) is 8.42. The number of ketones is 1. The SMILES string of the molecule is CC1(C)CC(=O)C2=C(C1)Oc1[nH+]c(N)c(C#N)c(N)c1[C@H]2c1ccccc1Cl. The first-order chi connectivity index (χ1) is 13.2. The van der Waals surface area contributed by atoms with Gasteiger partial charge in [0.05, 0.1) is 17.2 Å². The third kappa shape index (κ3) is 2.71. The van der Waals surface area contributed by atoms with Gasteiger partial charge in [-0.3, -0.25) is 10.5 Å². The van der Waals surface area contributed by atoms with Crippen LogP contribution in [-0.2, 0) is 4.79 Å². The summed E-state index contributed by atoms with van der Waals surface area (Å²) < 4.78 is 6.09. The number of ether oxygens (including phenoxy) is 1. The number of carbonyl (C=O) groups is 1. The minimum Gasteiger partial charge on any atom is -0.427 e. The number of aromatic nitrogens is 1. The molecule has 0 amide bonds. The van der Waals surface area contributed by atoms with Gasteiger partial charge in [-0.15, -0.1) is 0 Å². The molecule has 1 aromatic heterocycles. The van der Waals surface area contributed by atoms with E-state index in [1.165, 1.54) is 0 Å². The minimum atomic E-state index is -0.528. The van der Waals surface area contributed by atoms with E-state index in [9.17, 15) is 10.1 Å². The minimum absolute atomic E-state index is 0.00319. The highest BCUT2D eigenvalue weighted by molar-refractivity contribution is 6.31. The number of H-pyrrole nitrogens is 1. The van der Waals surface area contributed by atoms with Crippen molar-refractivity contribution in [3.05, 3.63) is 57.3 Å². The Morgan fingerprint density at radius 1 is 1.29 bits per heavy atom. The molecule has 2 aliphatic rings. The largest absolute Gasteiger partial charge is 0.427 e. The maximum absolute atomic E-state index is 13.2. The number of nitrogens with zero attached hydrogens (tertiary/aromatic N) is 1. The fraction of sp³-hybridized carbons (Fsp3) is 0.286. The number of anilines is 2. The van der Waals surface area contributed by atoms with Gasteiger partial charge in [0.1, 0.15) is 11.8 Å². The predicted octanol–water partition coefficient (Wildman–Crippen LogP) is 3.36. The van der Waals surface area contributed by atoms with Crippen LogP contribution in [0.2, 0.25) is 5.02 Å². The zero-order valence-corrected chi connectivity index (χ0v) is 16.4. The number of rotatable bonds is 1. The fourth-order valence-corrected chi connectivity index (χ4v) is 4.37. The topological polar surface area (TPSA) is 116 Å². The first kappa shape index (κ1) is 18.3. The average Bonchev–Trinajstić information content (AvgIpc) is 2.59. The Kier molecular flexibility index (Phi) is 4.09. The number of fused-ring (bicyclic) bond motifs is 1. The molecule has 0 saturated carbocycles. The summed E-state index contributed by atoms with van der Waals surface area (Å²) in [6.07, 6.45) is 0.997. The zero-order chi connectivity index (χ0) is 20.2. The molecular formula is C21H20ClN4O2+. The van der Waals surface area contributed by atoms with Gasteiger partial charge in [-0.1, -0.05) is 43.6 Å². The molecule has 0 spiro atoms. The van der Waals surface area contributed by atoms with Crippen LogP contribution >= 0.6 is 11.6 Å². The summed E-state index contributed by atoms with van der Waals surface area (Å²) in [6, 6.07) is 9.34. The molecule has 1 atom stereocenters. The Morgan fingerprint density at radius 3 is 2.68 bits per heavy atom. The lowest BCUT2D eigenvalue weighted by Gasteiger charge is -2.37. The van der Waals surface area contributed by atoms with Crippen molar-refractivity contribution in [2.75, 3.05) is 11.5 Å². The van der Waals surface area contributed by atoms with Gasteiger partial charge in [0.15, 0.2) is 11.3 Å². The summed E-state index contributed by atoms with van der Waals surface area (Å²) in [5.41, 5.74) is 14.2. The number of nitrogens with one attached hydrogen (secondary N) is 1. The van der Waals surface area contributed by atoms with E-state index in [0.717, 1.165) is 5.56 Å².